The van der Waals surface area contributed by atoms with Crippen LogP contribution < -0.4 is 16.0 Å². The lowest BCUT2D eigenvalue weighted by Crippen LogP contribution is -2.31. The average molecular weight is 594 g/mol. The van der Waals surface area contributed by atoms with Crippen LogP contribution in [0.3, 0.4) is 0 Å². The number of halogens is 4. The van der Waals surface area contributed by atoms with Crippen molar-refractivity contribution in [2.45, 2.75) is 24.9 Å². The van der Waals surface area contributed by atoms with Crippen molar-refractivity contribution < 1.29 is 23.6 Å². The van der Waals surface area contributed by atoms with Crippen molar-refractivity contribution in [1.29, 1.82) is 0 Å². The highest BCUT2D eigenvalue weighted by atomic mass is 35.5. The van der Waals surface area contributed by atoms with E-state index in [-0.39, 0.29) is 16.8 Å². The molecule has 6 rings (SSSR count). The fourth-order valence-electron chi connectivity index (χ4n) is 4.58. The van der Waals surface area contributed by atoms with Crippen molar-refractivity contribution in [3.8, 4) is 0 Å². The molecule has 2 saturated heterocycles. The molecule has 0 spiro atoms. The van der Waals surface area contributed by atoms with Crippen LogP contribution in [0.4, 0.5) is 14.0 Å². The molecule has 0 unspecified atom stereocenters. The third-order valence-electron chi connectivity index (χ3n) is 6.59. The van der Waals surface area contributed by atoms with Crippen molar-refractivity contribution in [2.75, 3.05) is 7.05 Å². The predicted octanol–water partition coefficient (Wildman–Crippen LogP) is 4.28. The maximum absolute atomic E-state index is 13.3. The number of benzene rings is 2. The lowest BCUT2D eigenvalue weighted by atomic mass is 10.1. The van der Waals surface area contributed by atoms with Gasteiger partial charge in [-0.3, -0.25) is 19.8 Å². The molecule has 202 valence electrons. The fraction of sp³-hybridized carbons (Fsp3) is 0.200. The highest BCUT2D eigenvalue weighted by molar-refractivity contribution is 6.37. The summed E-state index contributed by atoms with van der Waals surface area (Å²) in [6.07, 6.45) is 2.31. The van der Waals surface area contributed by atoms with Gasteiger partial charge in [0.2, 0.25) is 0 Å². The maximum atomic E-state index is 13.3. The number of rotatable bonds is 4. The number of para-hydroxylation sites is 1. The van der Waals surface area contributed by atoms with Gasteiger partial charge in [0.25, 0.3) is 11.8 Å². The molecule has 4 heterocycles. The Morgan fingerprint density at radius 3 is 2.36 bits per heavy atom. The largest absolute Gasteiger partial charge is 0.360 e. The molecule has 2 aromatic carbocycles. The Labute approximate surface area is 235 Å². The van der Waals surface area contributed by atoms with Gasteiger partial charge in [0.05, 0.1) is 16.1 Å². The van der Waals surface area contributed by atoms with Crippen LogP contribution in [0.2, 0.25) is 15.2 Å². The van der Waals surface area contributed by atoms with E-state index in [0.29, 0.717) is 28.5 Å². The van der Waals surface area contributed by atoms with Crippen LogP contribution in [0.5, 0.6) is 0 Å². The Morgan fingerprint density at radius 2 is 1.69 bits per heavy atom. The lowest BCUT2D eigenvalue weighted by Gasteiger charge is -2.07. The molecule has 2 aliphatic heterocycles. The van der Waals surface area contributed by atoms with Gasteiger partial charge in [-0.1, -0.05) is 46.9 Å². The molecule has 2 aromatic heterocycles. The topological polar surface area (TPSA) is 139 Å². The molecule has 14 heteroatoms. The van der Waals surface area contributed by atoms with E-state index in [9.17, 15) is 23.6 Å². The molecule has 0 saturated carbocycles. The van der Waals surface area contributed by atoms with Crippen LogP contribution in [-0.2, 0) is 22.4 Å². The molecule has 4 aromatic rings. The first kappa shape index (κ1) is 26.8. The summed E-state index contributed by atoms with van der Waals surface area (Å²) >= 11 is 18.1. The van der Waals surface area contributed by atoms with E-state index in [1.165, 1.54) is 13.1 Å². The number of aromatic amines is 2. The second kappa shape index (κ2) is 10.4. The van der Waals surface area contributed by atoms with Gasteiger partial charge in [-0.05, 0) is 29.3 Å². The first-order valence-electron chi connectivity index (χ1n) is 11.6. The van der Waals surface area contributed by atoms with Crippen molar-refractivity contribution in [3.63, 3.8) is 0 Å². The standard InChI is InChI=1S/C13H11Cl2N3O2.C12H9ClFN3O2/c1-18-12(19)9(16-13(18)20)5-7-6-3-2-4-8(14)10(6)17-11(7)15;13-9-7(14)2-1-6-5(4-15-10(6)9)3-8-11(18)17-12(19)16-8/h2-4,9,17H,5H2,1H3,(H,16,20);1-2,4,8,15H,3H2,(H2,16,17,18,19)/t9-;8-/m11/s1. The third kappa shape index (κ3) is 5.00. The number of carbonyl (C=O) groups is 4. The maximum Gasteiger partial charge on any atom is 0.324 e. The molecular formula is C25H20Cl3FN6O4. The number of hydrogen-bond acceptors (Lipinski definition) is 4. The zero-order chi connectivity index (χ0) is 28.0. The van der Waals surface area contributed by atoms with Crippen LogP contribution >= 0.6 is 34.8 Å². The molecule has 2 aliphatic rings. The Bertz CT molecular complexity index is 1670. The predicted molar refractivity (Wildman–Crippen MR) is 145 cm³/mol. The number of amides is 6. The monoisotopic (exact) mass is 592 g/mol. The van der Waals surface area contributed by atoms with Gasteiger partial charge in [0.1, 0.15) is 28.1 Å². The van der Waals surface area contributed by atoms with E-state index < -0.39 is 30.0 Å². The van der Waals surface area contributed by atoms with E-state index in [1.54, 1.807) is 18.3 Å². The van der Waals surface area contributed by atoms with Gasteiger partial charge in [0.15, 0.2) is 0 Å². The zero-order valence-corrected chi connectivity index (χ0v) is 22.4. The molecular weight excluding hydrogens is 574 g/mol. The van der Waals surface area contributed by atoms with Crippen LogP contribution in [0.15, 0.2) is 36.5 Å². The van der Waals surface area contributed by atoms with Gasteiger partial charge in [-0.2, -0.15) is 0 Å². The number of likely N-dealkylation sites (N-methyl/N-ethyl adjacent to an activating group) is 1. The van der Waals surface area contributed by atoms with Crippen molar-refractivity contribution >= 4 is 80.5 Å². The van der Waals surface area contributed by atoms with Crippen LogP contribution in [-0.4, -0.2) is 57.9 Å². The number of hydrogen-bond donors (Lipinski definition) is 5. The third-order valence-corrected chi connectivity index (χ3v) is 7.60. The van der Waals surface area contributed by atoms with E-state index in [2.05, 4.69) is 25.9 Å². The minimum Gasteiger partial charge on any atom is -0.360 e. The summed E-state index contributed by atoms with van der Waals surface area (Å²) in [6.45, 7) is 0. The number of nitrogens with zero attached hydrogens (tertiary/aromatic N) is 1. The molecule has 0 radical (unpaired) electrons. The minimum absolute atomic E-state index is 0.0173. The molecule has 6 amide bonds. The Hall–Kier alpha value is -3.80. The van der Waals surface area contributed by atoms with Gasteiger partial charge >= 0.3 is 12.1 Å². The minimum atomic E-state index is -0.615. The van der Waals surface area contributed by atoms with Gasteiger partial charge in [-0.15, -0.1) is 0 Å². The van der Waals surface area contributed by atoms with E-state index >= 15 is 0 Å². The van der Waals surface area contributed by atoms with Gasteiger partial charge < -0.3 is 20.6 Å². The number of nitrogens with one attached hydrogen (secondary N) is 5. The second-order valence-corrected chi connectivity index (χ2v) is 10.2. The fourth-order valence-corrected chi connectivity index (χ4v) is 5.29. The normalized spacial score (nSPS) is 18.8. The summed E-state index contributed by atoms with van der Waals surface area (Å²) in [6, 6.07) is 6.22. The summed E-state index contributed by atoms with van der Waals surface area (Å²) in [5.74, 6) is -1.13. The highest BCUT2D eigenvalue weighted by Crippen LogP contribution is 2.32. The molecule has 0 bridgehead atoms. The van der Waals surface area contributed by atoms with Gasteiger partial charge in [0, 0.05) is 36.9 Å². The van der Waals surface area contributed by atoms with Crippen molar-refractivity contribution in [1.82, 2.24) is 30.8 Å². The molecule has 2 fully saturated rings. The van der Waals surface area contributed by atoms with Crippen LogP contribution in [0, 0.1) is 5.82 Å². The number of aromatic nitrogens is 2. The van der Waals surface area contributed by atoms with Crippen molar-refractivity contribution in [3.05, 3.63) is 68.7 Å². The first-order valence-corrected chi connectivity index (χ1v) is 12.8. The zero-order valence-electron chi connectivity index (χ0n) is 20.1. The Morgan fingerprint density at radius 1 is 0.923 bits per heavy atom. The van der Waals surface area contributed by atoms with E-state index in [4.69, 9.17) is 34.8 Å². The Kier molecular flexibility index (Phi) is 7.15. The summed E-state index contributed by atoms with van der Waals surface area (Å²) in [4.78, 5) is 52.8. The van der Waals surface area contributed by atoms with Gasteiger partial charge in [-0.25, -0.2) is 14.0 Å². The van der Waals surface area contributed by atoms with E-state index in [1.807, 2.05) is 12.1 Å². The molecule has 10 nitrogen and oxygen atoms in total. The number of fused-ring (bicyclic) bond motifs is 2. The highest BCUT2D eigenvalue weighted by Gasteiger charge is 2.36. The lowest BCUT2D eigenvalue weighted by molar-refractivity contribution is -0.126. The van der Waals surface area contributed by atoms with Crippen molar-refractivity contribution in [2.24, 2.45) is 0 Å². The van der Waals surface area contributed by atoms with Crippen LogP contribution in [0.1, 0.15) is 11.1 Å². The first-order chi connectivity index (χ1) is 18.5. The summed E-state index contributed by atoms with van der Waals surface area (Å²) in [5, 5.41) is 9.92. The molecule has 0 aliphatic carbocycles. The SMILES string of the molecule is CN1C(=O)N[C@H](Cc2c(Cl)[nH]c3c(Cl)cccc23)C1=O.O=C1NC(=O)[C@@H](Cc2c[nH]c3c(Cl)c(F)ccc23)N1. The second-order valence-electron chi connectivity index (χ2n) is 9.00. The number of urea groups is 2. The Balaban J connectivity index is 0.000000158. The molecule has 2 atom stereocenters. The van der Waals surface area contributed by atoms with Crippen LogP contribution in [0.25, 0.3) is 21.8 Å². The van der Waals surface area contributed by atoms with E-state index in [0.717, 1.165) is 32.3 Å². The number of carbonyl (C=O) groups excluding carboxylic acids is 4. The quantitative estimate of drug-likeness (QED) is 0.225. The number of imide groups is 2. The average Bonchev–Trinajstić information content (AvgIpc) is 3.61. The summed E-state index contributed by atoms with van der Waals surface area (Å²) in [7, 11) is 1.45. The summed E-state index contributed by atoms with van der Waals surface area (Å²) in [5.41, 5.74) is 2.79. The number of H-pyrrole nitrogens is 2. The smallest absolute Gasteiger partial charge is 0.324 e. The molecule has 5 N–H and O–H groups in total. The summed E-state index contributed by atoms with van der Waals surface area (Å²) < 4.78 is 13.3. The molecule has 39 heavy (non-hydrogen) atoms.